The fraction of sp³-hybridized carbons (Fsp3) is 0.400. The highest BCUT2D eigenvalue weighted by atomic mass is 15.3. The van der Waals surface area contributed by atoms with Gasteiger partial charge in [0, 0.05) is 19.2 Å². The molecule has 19 heavy (non-hydrogen) atoms. The summed E-state index contributed by atoms with van der Waals surface area (Å²) in [5.41, 5.74) is 7.68. The smallest absolute Gasteiger partial charge is 0.0624 e. The van der Waals surface area contributed by atoms with Crippen LogP contribution in [0.15, 0.2) is 30.3 Å². The molecule has 0 aliphatic carbocycles. The van der Waals surface area contributed by atoms with Gasteiger partial charge >= 0.3 is 0 Å². The minimum atomic E-state index is 0.112. The maximum Gasteiger partial charge on any atom is 0.0624 e. The molecule has 1 unspecified atom stereocenters. The molecule has 0 radical (unpaired) electrons. The van der Waals surface area contributed by atoms with Crippen LogP contribution in [0.3, 0.4) is 0 Å². The van der Waals surface area contributed by atoms with Gasteiger partial charge in [-0.3, -0.25) is 16.0 Å². The van der Waals surface area contributed by atoms with Gasteiger partial charge in [0.25, 0.3) is 0 Å². The SMILES string of the molecule is CCc1cc(CC(NN)c2ccc(C)cc2)n(C)n1. The van der Waals surface area contributed by atoms with E-state index >= 15 is 0 Å². The number of nitrogens with zero attached hydrogens (tertiary/aromatic N) is 2. The lowest BCUT2D eigenvalue weighted by atomic mass is 10.0. The molecule has 1 aromatic heterocycles. The summed E-state index contributed by atoms with van der Waals surface area (Å²) < 4.78 is 1.94. The number of hydrogen-bond donors (Lipinski definition) is 2. The molecule has 0 fully saturated rings. The molecule has 0 saturated heterocycles. The standard InChI is InChI=1S/C15H22N4/c1-4-13-9-14(19(3)18-13)10-15(17-16)12-7-5-11(2)6-8-12/h5-9,15,17H,4,10,16H2,1-3H3. The van der Waals surface area contributed by atoms with Gasteiger partial charge in [0.1, 0.15) is 0 Å². The van der Waals surface area contributed by atoms with E-state index in [0.29, 0.717) is 0 Å². The molecule has 0 aliphatic heterocycles. The van der Waals surface area contributed by atoms with Crippen LogP contribution in [0, 0.1) is 6.92 Å². The third kappa shape index (κ3) is 3.22. The average molecular weight is 258 g/mol. The molecule has 0 saturated carbocycles. The van der Waals surface area contributed by atoms with Crippen LogP contribution >= 0.6 is 0 Å². The summed E-state index contributed by atoms with van der Waals surface area (Å²) in [6.45, 7) is 4.20. The van der Waals surface area contributed by atoms with Crippen molar-refractivity contribution in [1.82, 2.24) is 15.2 Å². The molecule has 0 aliphatic rings. The van der Waals surface area contributed by atoms with Crippen LogP contribution in [-0.2, 0) is 19.9 Å². The predicted molar refractivity (Wildman–Crippen MR) is 77.5 cm³/mol. The zero-order chi connectivity index (χ0) is 13.8. The summed E-state index contributed by atoms with van der Waals surface area (Å²) in [6.07, 6.45) is 1.79. The Balaban J connectivity index is 2.18. The Labute approximate surface area is 114 Å². The topological polar surface area (TPSA) is 55.9 Å². The number of nitrogens with one attached hydrogen (secondary N) is 1. The third-order valence-corrected chi connectivity index (χ3v) is 3.48. The van der Waals surface area contributed by atoms with Crippen molar-refractivity contribution in [2.75, 3.05) is 0 Å². The molecular weight excluding hydrogens is 236 g/mol. The van der Waals surface area contributed by atoms with Crippen molar-refractivity contribution in [2.24, 2.45) is 12.9 Å². The number of aromatic nitrogens is 2. The van der Waals surface area contributed by atoms with Gasteiger partial charge < -0.3 is 0 Å². The van der Waals surface area contributed by atoms with E-state index in [2.05, 4.69) is 54.7 Å². The van der Waals surface area contributed by atoms with Gasteiger partial charge in [-0.2, -0.15) is 5.10 Å². The van der Waals surface area contributed by atoms with Crippen molar-refractivity contribution in [1.29, 1.82) is 0 Å². The van der Waals surface area contributed by atoms with E-state index in [-0.39, 0.29) is 6.04 Å². The van der Waals surface area contributed by atoms with E-state index in [1.807, 2.05) is 11.7 Å². The number of hydrogen-bond acceptors (Lipinski definition) is 3. The van der Waals surface area contributed by atoms with Crippen molar-refractivity contribution < 1.29 is 0 Å². The van der Waals surface area contributed by atoms with E-state index in [1.54, 1.807) is 0 Å². The normalized spacial score (nSPS) is 12.6. The minimum Gasteiger partial charge on any atom is -0.272 e. The largest absolute Gasteiger partial charge is 0.272 e. The fourth-order valence-corrected chi connectivity index (χ4v) is 2.22. The first-order valence-electron chi connectivity index (χ1n) is 6.68. The number of nitrogens with two attached hydrogens (primary N) is 1. The van der Waals surface area contributed by atoms with Gasteiger partial charge in [-0.15, -0.1) is 0 Å². The minimum absolute atomic E-state index is 0.112. The first-order valence-corrected chi connectivity index (χ1v) is 6.68. The average Bonchev–Trinajstić information content (AvgIpc) is 2.78. The van der Waals surface area contributed by atoms with Gasteiger partial charge in [0.15, 0.2) is 0 Å². The maximum absolute atomic E-state index is 5.70. The van der Waals surface area contributed by atoms with Gasteiger partial charge in [0.05, 0.1) is 11.7 Å². The molecule has 0 bridgehead atoms. The van der Waals surface area contributed by atoms with Crippen LogP contribution < -0.4 is 11.3 Å². The van der Waals surface area contributed by atoms with Crippen LogP contribution in [0.4, 0.5) is 0 Å². The summed E-state index contributed by atoms with van der Waals surface area (Å²) in [7, 11) is 1.98. The molecular formula is C15H22N4. The fourth-order valence-electron chi connectivity index (χ4n) is 2.22. The highest BCUT2D eigenvalue weighted by Crippen LogP contribution is 2.18. The second-order valence-corrected chi connectivity index (χ2v) is 4.94. The Morgan fingerprint density at radius 2 is 2.00 bits per heavy atom. The zero-order valence-corrected chi connectivity index (χ0v) is 11.9. The molecule has 1 aromatic carbocycles. The van der Waals surface area contributed by atoms with Crippen molar-refractivity contribution in [2.45, 2.75) is 32.7 Å². The predicted octanol–water partition coefficient (Wildman–Crippen LogP) is 2.04. The van der Waals surface area contributed by atoms with Crippen LogP contribution in [0.1, 0.15) is 35.5 Å². The van der Waals surface area contributed by atoms with Crippen molar-refractivity contribution in [3.05, 3.63) is 52.8 Å². The Morgan fingerprint density at radius 3 is 2.53 bits per heavy atom. The van der Waals surface area contributed by atoms with Crippen molar-refractivity contribution in [3.8, 4) is 0 Å². The first kappa shape index (κ1) is 13.8. The maximum atomic E-state index is 5.70. The second-order valence-electron chi connectivity index (χ2n) is 4.94. The van der Waals surface area contributed by atoms with Crippen molar-refractivity contribution >= 4 is 0 Å². The number of hydrazine groups is 1. The van der Waals surface area contributed by atoms with E-state index in [0.717, 1.165) is 18.5 Å². The lowest BCUT2D eigenvalue weighted by Crippen LogP contribution is -2.30. The molecule has 4 nitrogen and oxygen atoms in total. The van der Waals surface area contributed by atoms with Gasteiger partial charge in [-0.05, 0) is 25.0 Å². The molecule has 2 aromatic rings. The lowest BCUT2D eigenvalue weighted by molar-refractivity contribution is 0.530. The Morgan fingerprint density at radius 1 is 1.32 bits per heavy atom. The van der Waals surface area contributed by atoms with Gasteiger partial charge in [-0.25, -0.2) is 0 Å². The molecule has 3 N–H and O–H groups in total. The van der Waals surface area contributed by atoms with E-state index < -0.39 is 0 Å². The summed E-state index contributed by atoms with van der Waals surface area (Å²) in [6, 6.07) is 10.7. The third-order valence-electron chi connectivity index (χ3n) is 3.48. The number of rotatable bonds is 5. The summed E-state index contributed by atoms with van der Waals surface area (Å²) in [4.78, 5) is 0. The van der Waals surface area contributed by atoms with Crippen LogP contribution in [0.2, 0.25) is 0 Å². The van der Waals surface area contributed by atoms with Crippen molar-refractivity contribution in [3.63, 3.8) is 0 Å². The molecule has 102 valence electrons. The van der Waals surface area contributed by atoms with Gasteiger partial charge in [-0.1, -0.05) is 36.8 Å². The van der Waals surface area contributed by atoms with Crippen LogP contribution in [0.5, 0.6) is 0 Å². The van der Waals surface area contributed by atoms with E-state index in [9.17, 15) is 0 Å². The highest BCUT2D eigenvalue weighted by Gasteiger charge is 2.13. The quantitative estimate of drug-likeness (QED) is 0.637. The molecule has 0 amide bonds. The van der Waals surface area contributed by atoms with Gasteiger partial charge in [0.2, 0.25) is 0 Å². The highest BCUT2D eigenvalue weighted by molar-refractivity contribution is 5.25. The summed E-state index contributed by atoms with van der Waals surface area (Å²) >= 11 is 0. The van der Waals surface area contributed by atoms with E-state index in [1.165, 1.54) is 16.8 Å². The molecule has 2 rings (SSSR count). The lowest BCUT2D eigenvalue weighted by Gasteiger charge is -2.16. The Kier molecular flexibility index (Phi) is 4.35. The molecule has 1 atom stereocenters. The second kappa shape index (κ2) is 5.99. The monoisotopic (exact) mass is 258 g/mol. The Bertz CT molecular complexity index is 528. The number of benzene rings is 1. The Hall–Kier alpha value is -1.65. The van der Waals surface area contributed by atoms with E-state index in [4.69, 9.17) is 5.84 Å². The molecule has 4 heteroatoms. The first-order chi connectivity index (χ1) is 9.13. The number of aryl methyl sites for hydroxylation is 3. The molecule has 1 heterocycles. The summed E-state index contributed by atoms with van der Waals surface area (Å²) in [5.74, 6) is 5.70. The van der Waals surface area contributed by atoms with Crippen LogP contribution in [-0.4, -0.2) is 9.78 Å². The van der Waals surface area contributed by atoms with Crippen LogP contribution in [0.25, 0.3) is 0 Å². The molecule has 0 spiro atoms. The zero-order valence-electron chi connectivity index (χ0n) is 11.9. The summed E-state index contributed by atoms with van der Waals surface area (Å²) in [5, 5.41) is 4.47.